The van der Waals surface area contributed by atoms with Gasteiger partial charge in [-0.15, -0.1) is 0 Å². The van der Waals surface area contributed by atoms with Crippen LogP contribution in [0.3, 0.4) is 0 Å². The number of benzene rings is 1. The fourth-order valence-electron chi connectivity index (χ4n) is 5.11. The summed E-state index contributed by atoms with van der Waals surface area (Å²) >= 11 is 0. The molecule has 1 aromatic rings. The van der Waals surface area contributed by atoms with Crippen LogP contribution in [0.25, 0.3) is 0 Å². The molecule has 1 fully saturated rings. The minimum absolute atomic E-state index is 0.0449. The maximum atomic E-state index is 13.2. The van der Waals surface area contributed by atoms with E-state index in [1.807, 2.05) is 13.8 Å². The molecule has 9 N–H and O–H groups in total. The first kappa shape index (κ1) is 34.6. The van der Waals surface area contributed by atoms with Crippen LogP contribution in [0.1, 0.15) is 45.6 Å². The first-order chi connectivity index (χ1) is 19.9. The van der Waals surface area contributed by atoms with Crippen molar-refractivity contribution in [3.05, 3.63) is 35.9 Å². The predicted octanol–water partition coefficient (Wildman–Crippen LogP) is -1.89. The quantitative estimate of drug-likeness (QED) is 0.0867. The molecule has 0 spiro atoms. The van der Waals surface area contributed by atoms with Gasteiger partial charge in [0, 0.05) is 38.2 Å². The molecular formula is C28H43N5O9. The smallest absolute Gasteiger partial charge is 0.244 e. The van der Waals surface area contributed by atoms with Gasteiger partial charge in [0.15, 0.2) is 0 Å². The van der Waals surface area contributed by atoms with Crippen LogP contribution < -0.4 is 26.7 Å². The summed E-state index contributed by atoms with van der Waals surface area (Å²) in [5.74, 6) is -4.63. The lowest BCUT2D eigenvalue weighted by Crippen LogP contribution is -2.65. The number of aliphatic hydroxyl groups is 3. The molecule has 0 radical (unpaired) electrons. The fourth-order valence-corrected chi connectivity index (χ4v) is 5.11. The molecule has 0 unspecified atom stereocenters. The number of nitrogens with one attached hydrogen (secondary N) is 5. The van der Waals surface area contributed by atoms with E-state index in [2.05, 4.69) is 21.3 Å². The fraction of sp³-hybridized carbons (Fsp3) is 0.607. The molecular weight excluding hydrogens is 550 g/mol. The van der Waals surface area contributed by atoms with Gasteiger partial charge in [-0.05, 0) is 24.3 Å². The van der Waals surface area contributed by atoms with Crippen molar-refractivity contribution in [3.63, 3.8) is 0 Å². The summed E-state index contributed by atoms with van der Waals surface area (Å²) in [6.07, 6.45) is -2.56. The zero-order chi connectivity index (χ0) is 31.4. The molecule has 0 aliphatic heterocycles. The Bertz CT molecular complexity index is 1070. The zero-order valence-corrected chi connectivity index (χ0v) is 24.1. The molecule has 7 atom stereocenters. The van der Waals surface area contributed by atoms with Gasteiger partial charge in [-0.2, -0.15) is 0 Å². The normalized spacial score (nSPS) is 23.3. The van der Waals surface area contributed by atoms with E-state index >= 15 is 0 Å². The average Bonchev–Trinajstić information content (AvgIpc) is 2.94. The van der Waals surface area contributed by atoms with Crippen LogP contribution >= 0.6 is 0 Å². The molecule has 1 aromatic carbocycles. The lowest BCUT2D eigenvalue weighted by atomic mass is 9.78. The highest BCUT2D eigenvalue weighted by Gasteiger charge is 2.44. The van der Waals surface area contributed by atoms with Crippen molar-refractivity contribution in [1.29, 1.82) is 0 Å². The van der Waals surface area contributed by atoms with Crippen LogP contribution in [-0.2, 0) is 30.4 Å². The van der Waals surface area contributed by atoms with E-state index in [9.17, 15) is 39.3 Å². The van der Waals surface area contributed by atoms with Gasteiger partial charge in [-0.25, -0.2) is 5.48 Å². The third kappa shape index (κ3) is 10.7. The summed E-state index contributed by atoms with van der Waals surface area (Å²) < 4.78 is 0. The molecule has 1 aliphatic carbocycles. The summed E-state index contributed by atoms with van der Waals surface area (Å²) in [4.78, 5) is 62.6. The topological polar surface area (TPSA) is 226 Å². The molecule has 42 heavy (non-hydrogen) atoms. The number of hydroxylamine groups is 1. The van der Waals surface area contributed by atoms with Crippen molar-refractivity contribution in [2.45, 2.75) is 76.8 Å². The maximum absolute atomic E-state index is 13.2. The number of hydrogen-bond donors (Lipinski definition) is 9. The Balaban J connectivity index is 2.13. The molecule has 0 saturated heterocycles. The lowest BCUT2D eigenvalue weighted by Gasteiger charge is -2.42. The Labute approximate surface area is 244 Å². The van der Waals surface area contributed by atoms with Crippen molar-refractivity contribution in [3.8, 4) is 0 Å². The third-order valence-corrected chi connectivity index (χ3v) is 7.16. The van der Waals surface area contributed by atoms with Crippen molar-refractivity contribution < 1.29 is 44.5 Å². The zero-order valence-electron chi connectivity index (χ0n) is 24.1. The minimum atomic E-state index is -1.45. The van der Waals surface area contributed by atoms with E-state index in [0.29, 0.717) is 6.42 Å². The second-order valence-corrected chi connectivity index (χ2v) is 11.1. The monoisotopic (exact) mass is 593 g/mol. The van der Waals surface area contributed by atoms with E-state index < -0.39 is 84.9 Å². The van der Waals surface area contributed by atoms with Gasteiger partial charge in [-0.3, -0.25) is 29.2 Å². The van der Waals surface area contributed by atoms with E-state index in [1.165, 1.54) is 12.4 Å². The summed E-state index contributed by atoms with van der Waals surface area (Å²) in [7, 11) is 0. The number of carbonyl (C=O) groups is 5. The highest BCUT2D eigenvalue weighted by atomic mass is 16.5. The van der Waals surface area contributed by atoms with Crippen LogP contribution in [0.5, 0.6) is 0 Å². The van der Waals surface area contributed by atoms with Gasteiger partial charge >= 0.3 is 0 Å². The highest BCUT2D eigenvalue weighted by Crippen LogP contribution is 2.26. The van der Waals surface area contributed by atoms with Crippen LogP contribution in [0.15, 0.2) is 30.3 Å². The predicted molar refractivity (Wildman–Crippen MR) is 149 cm³/mol. The number of rotatable bonds is 14. The van der Waals surface area contributed by atoms with Crippen molar-refractivity contribution in [2.75, 3.05) is 13.2 Å². The Morgan fingerprint density at radius 3 is 2.19 bits per heavy atom. The van der Waals surface area contributed by atoms with E-state index in [1.54, 1.807) is 30.3 Å². The van der Waals surface area contributed by atoms with E-state index in [4.69, 9.17) is 5.21 Å². The van der Waals surface area contributed by atoms with Crippen molar-refractivity contribution in [1.82, 2.24) is 26.7 Å². The molecule has 14 nitrogen and oxygen atoms in total. The van der Waals surface area contributed by atoms with Crippen LogP contribution in [0.2, 0.25) is 0 Å². The van der Waals surface area contributed by atoms with Gasteiger partial charge < -0.3 is 36.6 Å². The van der Waals surface area contributed by atoms with Crippen molar-refractivity contribution >= 4 is 29.5 Å². The number of aliphatic hydroxyl groups excluding tert-OH is 3. The van der Waals surface area contributed by atoms with Crippen LogP contribution in [0.4, 0.5) is 0 Å². The second-order valence-electron chi connectivity index (χ2n) is 11.1. The molecule has 0 aromatic heterocycles. The maximum Gasteiger partial charge on any atom is 0.244 e. The third-order valence-electron chi connectivity index (χ3n) is 7.16. The Hall–Kier alpha value is -3.59. The molecule has 2 rings (SSSR count). The van der Waals surface area contributed by atoms with Gasteiger partial charge in [0.25, 0.3) is 0 Å². The number of hydrogen-bond acceptors (Lipinski definition) is 9. The van der Waals surface area contributed by atoms with Gasteiger partial charge in [0.05, 0.1) is 24.7 Å². The number of amides is 5. The average molecular weight is 594 g/mol. The molecule has 1 saturated carbocycles. The number of carbonyl (C=O) groups excluding carboxylic acids is 5. The first-order valence-corrected chi connectivity index (χ1v) is 13.9. The largest absolute Gasteiger partial charge is 0.396 e. The first-order valence-electron chi connectivity index (χ1n) is 13.9. The standard InChI is InChI=1S/C28H43N5O9/c1-15(2)9-18(12-22(36)33-42)27(40)32-21(10-17-7-5-4-6-8-17)28(41)29-13-23(37)31-20-11-19(14-34)25(38)26(39)24(20)30-16(3)35/h4-8,15,18-21,24-26,34,38-39,42H,9-14H2,1-3H3,(H,29,41)(H,30,35)(H,31,37)(H,32,40)(H,33,36)/t18-,19-,20-,21+,24+,25-,26-/m1/s1. The Morgan fingerprint density at radius 1 is 0.952 bits per heavy atom. The van der Waals surface area contributed by atoms with Crippen LogP contribution in [-0.4, -0.2) is 93.5 Å². The van der Waals surface area contributed by atoms with Gasteiger partial charge in [-0.1, -0.05) is 44.2 Å². The minimum Gasteiger partial charge on any atom is -0.396 e. The lowest BCUT2D eigenvalue weighted by molar-refractivity contribution is -0.136. The molecule has 234 valence electrons. The molecule has 5 amide bonds. The molecule has 1 aliphatic rings. The van der Waals surface area contributed by atoms with E-state index in [0.717, 1.165) is 5.56 Å². The highest BCUT2D eigenvalue weighted by molar-refractivity contribution is 5.92. The molecule has 14 heteroatoms. The van der Waals surface area contributed by atoms with Gasteiger partial charge in [0.2, 0.25) is 29.5 Å². The van der Waals surface area contributed by atoms with E-state index in [-0.39, 0.29) is 25.2 Å². The second kappa shape index (κ2) is 16.8. The molecule has 0 bridgehead atoms. The Kier molecular flexibility index (Phi) is 13.8. The summed E-state index contributed by atoms with van der Waals surface area (Å²) in [5, 5.41) is 49.6. The summed E-state index contributed by atoms with van der Waals surface area (Å²) in [5.41, 5.74) is 2.26. The summed E-state index contributed by atoms with van der Waals surface area (Å²) in [6, 6.07) is 5.91. The summed E-state index contributed by atoms with van der Waals surface area (Å²) in [6.45, 7) is 4.00. The van der Waals surface area contributed by atoms with Crippen LogP contribution in [0, 0.1) is 17.8 Å². The molecule has 0 heterocycles. The Morgan fingerprint density at radius 2 is 1.62 bits per heavy atom. The SMILES string of the molecule is CC(=O)N[C@@H]1[C@@H](O)[C@H](O)[C@@H](CO)C[C@H]1NC(=O)CNC(=O)[C@H](Cc1ccccc1)NC(=O)[C@@H](CC(=O)NO)CC(C)C. The van der Waals surface area contributed by atoms with Crippen molar-refractivity contribution in [2.24, 2.45) is 17.8 Å². The van der Waals surface area contributed by atoms with Gasteiger partial charge in [0.1, 0.15) is 12.1 Å².